The van der Waals surface area contributed by atoms with E-state index in [4.69, 9.17) is 23.2 Å². The highest BCUT2D eigenvalue weighted by molar-refractivity contribution is 8.00. The molecule has 1 fully saturated rings. The number of para-hydroxylation sites is 1. The van der Waals surface area contributed by atoms with Crippen LogP contribution in [-0.2, 0) is 4.79 Å². The number of carbonyl (C=O) groups is 2. The lowest BCUT2D eigenvalue weighted by Crippen LogP contribution is -2.29. The maximum absolute atomic E-state index is 12.8. The fourth-order valence-electron chi connectivity index (χ4n) is 3.01. The number of thioether (sulfide) groups is 1. The van der Waals surface area contributed by atoms with E-state index in [1.54, 1.807) is 24.3 Å². The minimum absolute atomic E-state index is 0.0305. The van der Waals surface area contributed by atoms with E-state index in [-0.39, 0.29) is 17.6 Å². The van der Waals surface area contributed by atoms with Gasteiger partial charge in [0.1, 0.15) is 0 Å². The second kappa shape index (κ2) is 9.00. The van der Waals surface area contributed by atoms with Gasteiger partial charge in [-0.15, -0.1) is 11.8 Å². The number of amides is 2. The summed E-state index contributed by atoms with van der Waals surface area (Å²) in [5.74, 6) is -0.0518. The summed E-state index contributed by atoms with van der Waals surface area (Å²) in [6.07, 6.45) is 2.05. The molecule has 2 aromatic rings. The van der Waals surface area contributed by atoms with Crippen LogP contribution in [0.15, 0.2) is 41.3 Å². The first-order valence-corrected chi connectivity index (χ1v) is 10.5. The van der Waals surface area contributed by atoms with Crippen molar-refractivity contribution >= 4 is 52.5 Å². The maximum atomic E-state index is 12.8. The molecule has 0 aromatic heterocycles. The molecule has 2 aromatic carbocycles. The molecule has 7 heteroatoms. The van der Waals surface area contributed by atoms with Gasteiger partial charge in [0.2, 0.25) is 5.91 Å². The summed E-state index contributed by atoms with van der Waals surface area (Å²) in [6, 6.07) is 10.6. The van der Waals surface area contributed by atoms with Crippen LogP contribution in [-0.4, -0.2) is 35.6 Å². The van der Waals surface area contributed by atoms with Crippen molar-refractivity contribution in [3.8, 4) is 0 Å². The van der Waals surface area contributed by atoms with E-state index in [0.29, 0.717) is 21.3 Å². The quantitative estimate of drug-likeness (QED) is 0.667. The highest BCUT2D eigenvalue weighted by atomic mass is 35.5. The largest absolute Gasteiger partial charge is 0.339 e. The molecule has 0 radical (unpaired) electrons. The third-order valence-corrected chi connectivity index (χ3v) is 6.14. The van der Waals surface area contributed by atoms with Crippen LogP contribution >= 0.6 is 35.0 Å². The zero-order valence-corrected chi connectivity index (χ0v) is 17.3. The Morgan fingerprint density at radius 1 is 1.15 bits per heavy atom. The van der Waals surface area contributed by atoms with Gasteiger partial charge in [-0.1, -0.05) is 35.3 Å². The fraction of sp³-hybridized carbons (Fsp3) is 0.300. The van der Waals surface area contributed by atoms with Gasteiger partial charge in [-0.3, -0.25) is 9.59 Å². The lowest BCUT2D eigenvalue weighted by molar-refractivity contribution is -0.113. The zero-order chi connectivity index (χ0) is 19.4. The molecule has 0 unspecified atom stereocenters. The molecular formula is C20H20Cl2N2O2S. The Kier molecular flexibility index (Phi) is 6.68. The zero-order valence-electron chi connectivity index (χ0n) is 14.9. The number of aryl methyl sites for hydroxylation is 1. The van der Waals surface area contributed by atoms with Crippen molar-refractivity contribution in [1.29, 1.82) is 0 Å². The van der Waals surface area contributed by atoms with Gasteiger partial charge in [-0.25, -0.2) is 0 Å². The van der Waals surface area contributed by atoms with E-state index in [0.717, 1.165) is 36.4 Å². The second-order valence-corrected chi connectivity index (χ2v) is 8.27. The molecule has 1 heterocycles. The summed E-state index contributed by atoms with van der Waals surface area (Å²) in [5.41, 5.74) is 1.98. The molecule has 1 N–H and O–H groups in total. The first-order chi connectivity index (χ1) is 13.0. The van der Waals surface area contributed by atoms with Crippen molar-refractivity contribution in [3.63, 3.8) is 0 Å². The summed E-state index contributed by atoms with van der Waals surface area (Å²) >= 11 is 13.4. The smallest absolute Gasteiger partial charge is 0.255 e. The molecule has 142 valence electrons. The highest BCUT2D eigenvalue weighted by Crippen LogP contribution is 2.30. The van der Waals surface area contributed by atoms with Crippen LogP contribution in [0, 0.1) is 6.92 Å². The van der Waals surface area contributed by atoms with Crippen molar-refractivity contribution < 1.29 is 9.59 Å². The highest BCUT2D eigenvalue weighted by Gasteiger charge is 2.23. The van der Waals surface area contributed by atoms with Crippen molar-refractivity contribution in [2.24, 2.45) is 0 Å². The first kappa shape index (κ1) is 20.1. The average molecular weight is 423 g/mol. The fourth-order valence-corrected chi connectivity index (χ4v) is 4.30. The Bertz CT molecular complexity index is 867. The number of nitrogens with zero attached hydrogens (tertiary/aromatic N) is 1. The van der Waals surface area contributed by atoms with Gasteiger partial charge in [0.25, 0.3) is 5.91 Å². The lowest BCUT2D eigenvalue weighted by atomic mass is 10.1. The van der Waals surface area contributed by atoms with Gasteiger partial charge in [0.15, 0.2) is 0 Å². The summed E-state index contributed by atoms with van der Waals surface area (Å²) in [7, 11) is 0. The van der Waals surface area contributed by atoms with Crippen LogP contribution in [0.5, 0.6) is 0 Å². The molecule has 3 rings (SSSR count). The van der Waals surface area contributed by atoms with Crippen LogP contribution in [0.3, 0.4) is 0 Å². The Labute approximate surface area is 173 Å². The number of nitrogens with one attached hydrogen (secondary N) is 1. The predicted molar refractivity (Wildman–Crippen MR) is 112 cm³/mol. The van der Waals surface area contributed by atoms with Crippen molar-refractivity contribution in [1.82, 2.24) is 4.90 Å². The summed E-state index contributed by atoms with van der Waals surface area (Å²) in [5, 5.41) is 4.03. The first-order valence-electron chi connectivity index (χ1n) is 8.72. The van der Waals surface area contributed by atoms with Crippen molar-refractivity contribution in [3.05, 3.63) is 57.6 Å². The number of carbonyl (C=O) groups excluding carboxylic acids is 2. The van der Waals surface area contributed by atoms with E-state index in [1.165, 1.54) is 11.8 Å². The van der Waals surface area contributed by atoms with Crippen LogP contribution in [0.4, 0.5) is 5.69 Å². The van der Waals surface area contributed by atoms with Gasteiger partial charge in [0.05, 0.1) is 22.0 Å². The summed E-state index contributed by atoms with van der Waals surface area (Å²) < 4.78 is 0. The third-order valence-electron chi connectivity index (χ3n) is 4.41. The SMILES string of the molecule is Cc1cccc(C(=O)N2CCCC2)c1NC(=O)CSc1cc(Cl)ccc1Cl. The third kappa shape index (κ3) is 4.98. The lowest BCUT2D eigenvalue weighted by Gasteiger charge is -2.19. The Morgan fingerprint density at radius 3 is 2.63 bits per heavy atom. The number of hydrogen-bond donors (Lipinski definition) is 1. The number of likely N-dealkylation sites (tertiary alicyclic amines) is 1. The second-order valence-electron chi connectivity index (χ2n) is 6.41. The number of anilines is 1. The molecule has 1 aliphatic rings. The molecule has 0 atom stereocenters. The van der Waals surface area contributed by atoms with E-state index >= 15 is 0 Å². The maximum Gasteiger partial charge on any atom is 0.255 e. The molecule has 0 bridgehead atoms. The molecule has 0 aliphatic carbocycles. The van der Waals surface area contributed by atoms with Gasteiger partial charge < -0.3 is 10.2 Å². The summed E-state index contributed by atoms with van der Waals surface area (Å²) in [6.45, 7) is 3.42. The Hall–Kier alpha value is -1.69. The van der Waals surface area contributed by atoms with Crippen molar-refractivity contribution in [2.75, 3.05) is 24.2 Å². The van der Waals surface area contributed by atoms with E-state index < -0.39 is 0 Å². The van der Waals surface area contributed by atoms with Gasteiger partial charge in [-0.2, -0.15) is 0 Å². The topological polar surface area (TPSA) is 49.4 Å². The molecule has 1 saturated heterocycles. The normalized spacial score (nSPS) is 13.7. The standard InChI is InChI=1S/C20H20Cl2N2O2S/c1-13-5-4-6-15(20(26)24-9-2-3-10-24)19(13)23-18(25)12-27-17-11-14(21)7-8-16(17)22/h4-8,11H,2-3,9-10,12H2,1H3,(H,23,25). The monoisotopic (exact) mass is 422 g/mol. The Morgan fingerprint density at radius 2 is 1.89 bits per heavy atom. The molecule has 4 nitrogen and oxygen atoms in total. The van der Waals surface area contributed by atoms with E-state index in [9.17, 15) is 9.59 Å². The van der Waals surface area contributed by atoms with Gasteiger partial charge in [0, 0.05) is 23.0 Å². The van der Waals surface area contributed by atoms with Crippen LogP contribution in [0.1, 0.15) is 28.8 Å². The number of halogens is 2. The number of benzene rings is 2. The number of hydrogen-bond acceptors (Lipinski definition) is 3. The minimum atomic E-state index is -0.194. The Balaban J connectivity index is 1.72. The van der Waals surface area contributed by atoms with Crippen LogP contribution < -0.4 is 5.32 Å². The van der Waals surface area contributed by atoms with E-state index in [1.807, 2.05) is 24.0 Å². The van der Waals surface area contributed by atoms with Gasteiger partial charge >= 0.3 is 0 Å². The minimum Gasteiger partial charge on any atom is -0.339 e. The van der Waals surface area contributed by atoms with Crippen LogP contribution in [0.25, 0.3) is 0 Å². The molecule has 1 aliphatic heterocycles. The molecule has 2 amide bonds. The van der Waals surface area contributed by atoms with E-state index in [2.05, 4.69) is 5.32 Å². The molecular weight excluding hydrogens is 403 g/mol. The van der Waals surface area contributed by atoms with Crippen molar-refractivity contribution in [2.45, 2.75) is 24.7 Å². The number of rotatable bonds is 5. The molecule has 0 saturated carbocycles. The molecule has 27 heavy (non-hydrogen) atoms. The van der Waals surface area contributed by atoms with Crippen LogP contribution in [0.2, 0.25) is 10.0 Å². The average Bonchev–Trinajstić information content (AvgIpc) is 3.18. The summed E-state index contributed by atoms with van der Waals surface area (Å²) in [4.78, 5) is 27.9. The predicted octanol–water partition coefficient (Wildman–Crippen LogP) is 5.27. The van der Waals surface area contributed by atoms with Gasteiger partial charge in [-0.05, 0) is 49.6 Å². The molecule has 0 spiro atoms.